The second-order valence-electron chi connectivity index (χ2n) is 5.90. The molecule has 0 N–H and O–H groups in total. The molecule has 4 aromatic rings. The number of hydrogen-bond acceptors (Lipinski definition) is 5. The normalized spacial score (nSPS) is 10.7. The molecule has 3 aromatic heterocycles. The van der Waals surface area contributed by atoms with Gasteiger partial charge in [-0.25, -0.2) is 4.98 Å². The Labute approximate surface area is 156 Å². The zero-order valence-electron chi connectivity index (χ0n) is 14.9. The van der Waals surface area contributed by atoms with E-state index in [-0.39, 0.29) is 5.91 Å². The lowest BCUT2D eigenvalue weighted by molar-refractivity contribution is 0.0964. The summed E-state index contributed by atoms with van der Waals surface area (Å²) < 4.78 is 12.3. The lowest BCUT2D eigenvalue weighted by atomic mass is 10.1. The van der Waals surface area contributed by atoms with Gasteiger partial charge in [-0.3, -0.25) is 14.3 Å². The van der Waals surface area contributed by atoms with Crippen molar-refractivity contribution in [1.29, 1.82) is 0 Å². The molecule has 0 fully saturated rings. The predicted molar refractivity (Wildman–Crippen MR) is 102 cm³/mol. The largest absolute Gasteiger partial charge is 0.493 e. The molecule has 0 aliphatic heterocycles. The van der Waals surface area contributed by atoms with Gasteiger partial charge in [-0.15, -0.1) is 0 Å². The first-order chi connectivity index (χ1) is 13.2. The molecule has 0 saturated carbocycles. The molecule has 0 unspecified atom stereocenters. The number of aromatic nitrogens is 3. The number of nitrogens with zero attached hydrogens (tertiary/aromatic N) is 3. The molecule has 0 radical (unpaired) electrons. The molecule has 3 heterocycles. The Morgan fingerprint density at radius 3 is 2.56 bits per heavy atom. The maximum atomic E-state index is 13.0. The van der Waals surface area contributed by atoms with Gasteiger partial charge in [-0.1, -0.05) is 6.07 Å². The van der Waals surface area contributed by atoms with E-state index in [1.54, 1.807) is 55.7 Å². The second kappa shape index (κ2) is 6.92. The molecule has 0 spiro atoms. The van der Waals surface area contributed by atoms with E-state index in [2.05, 4.69) is 9.97 Å². The Morgan fingerprint density at radius 1 is 1.00 bits per heavy atom. The number of benzene rings is 1. The van der Waals surface area contributed by atoms with Gasteiger partial charge in [0.15, 0.2) is 11.5 Å². The summed E-state index contributed by atoms with van der Waals surface area (Å²) in [6.45, 7) is 0. The van der Waals surface area contributed by atoms with Crippen molar-refractivity contribution in [1.82, 2.24) is 14.5 Å². The zero-order chi connectivity index (χ0) is 18.8. The molecule has 0 amide bonds. The van der Waals surface area contributed by atoms with Crippen molar-refractivity contribution in [3.8, 4) is 22.6 Å². The topological polar surface area (TPSA) is 66.2 Å². The van der Waals surface area contributed by atoms with E-state index in [0.29, 0.717) is 22.7 Å². The van der Waals surface area contributed by atoms with Crippen molar-refractivity contribution in [3.63, 3.8) is 0 Å². The summed E-state index contributed by atoms with van der Waals surface area (Å²) in [5.41, 5.74) is 2.88. The number of pyridine rings is 2. The van der Waals surface area contributed by atoms with Crippen LogP contribution >= 0.6 is 0 Å². The number of carbonyl (C=O) groups excluding carboxylic acids is 1. The van der Waals surface area contributed by atoms with Gasteiger partial charge in [-0.05, 0) is 42.0 Å². The van der Waals surface area contributed by atoms with Crippen LogP contribution in [0.5, 0.6) is 11.5 Å². The van der Waals surface area contributed by atoms with E-state index in [0.717, 1.165) is 16.5 Å². The van der Waals surface area contributed by atoms with E-state index in [1.807, 2.05) is 30.3 Å². The highest BCUT2D eigenvalue weighted by atomic mass is 16.5. The van der Waals surface area contributed by atoms with Crippen LogP contribution in [0, 0.1) is 0 Å². The molecule has 0 atom stereocenters. The van der Waals surface area contributed by atoms with Crippen LogP contribution in [0.4, 0.5) is 0 Å². The maximum absolute atomic E-state index is 13.0. The van der Waals surface area contributed by atoms with Crippen LogP contribution in [0.15, 0.2) is 67.3 Å². The van der Waals surface area contributed by atoms with Crippen molar-refractivity contribution in [2.24, 2.45) is 0 Å². The lowest BCUT2D eigenvalue weighted by Gasteiger charge is -2.09. The zero-order valence-corrected chi connectivity index (χ0v) is 14.9. The summed E-state index contributed by atoms with van der Waals surface area (Å²) in [6.07, 6.45) is 6.66. The van der Waals surface area contributed by atoms with Gasteiger partial charge >= 0.3 is 0 Å². The van der Waals surface area contributed by atoms with Crippen molar-refractivity contribution in [3.05, 3.63) is 72.8 Å². The summed E-state index contributed by atoms with van der Waals surface area (Å²) in [6, 6.07) is 12.9. The van der Waals surface area contributed by atoms with Gasteiger partial charge in [0.05, 0.1) is 19.8 Å². The standard InChI is InChI=1S/C21H17N3O3/c1-26-18-8-7-14(11-19(18)27-2)17-13-24(20-16(17)6-4-10-23-20)21(25)15-5-3-9-22-12-15/h3-13H,1-2H3. The average molecular weight is 359 g/mol. The highest BCUT2D eigenvalue weighted by Crippen LogP contribution is 2.36. The molecule has 0 bridgehead atoms. The maximum Gasteiger partial charge on any atom is 0.265 e. The van der Waals surface area contributed by atoms with Gasteiger partial charge in [-0.2, -0.15) is 0 Å². The minimum atomic E-state index is -0.182. The lowest BCUT2D eigenvalue weighted by Crippen LogP contribution is -2.11. The molecule has 0 aliphatic carbocycles. The smallest absolute Gasteiger partial charge is 0.265 e. The average Bonchev–Trinajstić information content (AvgIpc) is 3.13. The Bertz CT molecular complexity index is 1120. The Morgan fingerprint density at radius 2 is 1.81 bits per heavy atom. The monoisotopic (exact) mass is 359 g/mol. The Balaban J connectivity index is 1.90. The molecular formula is C21H17N3O3. The summed E-state index contributed by atoms with van der Waals surface area (Å²) in [5.74, 6) is 1.09. The van der Waals surface area contributed by atoms with E-state index in [4.69, 9.17) is 9.47 Å². The number of fused-ring (bicyclic) bond motifs is 1. The third-order valence-electron chi connectivity index (χ3n) is 4.39. The first-order valence-corrected chi connectivity index (χ1v) is 8.36. The number of methoxy groups -OCH3 is 2. The van der Waals surface area contributed by atoms with E-state index >= 15 is 0 Å². The SMILES string of the molecule is COc1ccc(-c2cn(C(=O)c3cccnc3)c3ncccc23)cc1OC. The van der Waals surface area contributed by atoms with Gasteiger partial charge in [0, 0.05) is 35.7 Å². The minimum Gasteiger partial charge on any atom is -0.493 e. The first kappa shape index (κ1) is 16.8. The molecule has 0 saturated heterocycles. The van der Waals surface area contributed by atoms with Crippen LogP contribution < -0.4 is 9.47 Å². The second-order valence-corrected chi connectivity index (χ2v) is 5.90. The van der Waals surface area contributed by atoms with Crippen LogP contribution in [-0.4, -0.2) is 34.7 Å². The highest BCUT2D eigenvalue weighted by molar-refractivity contribution is 6.05. The van der Waals surface area contributed by atoms with E-state index < -0.39 is 0 Å². The van der Waals surface area contributed by atoms with E-state index in [1.165, 1.54) is 0 Å². The molecule has 6 nitrogen and oxygen atoms in total. The fraction of sp³-hybridized carbons (Fsp3) is 0.0952. The predicted octanol–water partition coefficient (Wildman–Crippen LogP) is 3.80. The first-order valence-electron chi connectivity index (χ1n) is 8.36. The van der Waals surface area contributed by atoms with Gasteiger partial charge in [0.25, 0.3) is 5.91 Å². The van der Waals surface area contributed by atoms with Crippen molar-refractivity contribution >= 4 is 16.9 Å². The quantitative estimate of drug-likeness (QED) is 0.554. The number of rotatable bonds is 4. The summed E-state index contributed by atoms with van der Waals surface area (Å²) in [4.78, 5) is 21.4. The molecule has 27 heavy (non-hydrogen) atoms. The molecular weight excluding hydrogens is 342 g/mol. The third kappa shape index (κ3) is 2.91. The van der Waals surface area contributed by atoms with Crippen LogP contribution in [0.1, 0.15) is 10.4 Å². The molecule has 1 aromatic carbocycles. The Hall–Kier alpha value is -3.67. The van der Waals surface area contributed by atoms with Gasteiger partial charge < -0.3 is 9.47 Å². The third-order valence-corrected chi connectivity index (χ3v) is 4.39. The number of hydrogen-bond donors (Lipinski definition) is 0. The molecule has 0 aliphatic rings. The highest BCUT2D eigenvalue weighted by Gasteiger charge is 2.18. The van der Waals surface area contributed by atoms with Crippen LogP contribution in [0.3, 0.4) is 0 Å². The van der Waals surface area contributed by atoms with Crippen LogP contribution in [0.25, 0.3) is 22.2 Å². The fourth-order valence-corrected chi connectivity index (χ4v) is 3.08. The molecule has 4 rings (SSSR count). The van der Waals surface area contributed by atoms with Crippen LogP contribution in [-0.2, 0) is 0 Å². The molecule has 6 heteroatoms. The Kier molecular flexibility index (Phi) is 4.30. The van der Waals surface area contributed by atoms with E-state index in [9.17, 15) is 4.79 Å². The van der Waals surface area contributed by atoms with Crippen molar-refractivity contribution in [2.75, 3.05) is 14.2 Å². The van der Waals surface area contributed by atoms with Gasteiger partial charge in [0.1, 0.15) is 5.65 Å². The number of ether oxygens (including phenoxy) is 2. The van der Waals surface area contributed by atoms with Crippen LogP contribution in [0.2, 0.25) is 0 Å². The van der Waals surface area contributed by atoms with Crippen molar-refractivity contribution < 1.29 is 14.3 Å². The summed E-state index contributed by atoms with van der Waals surface area (Å²) in [5, 5.41) is 0.877. The molecule has 134 valence electrons. The summed E-state index contributed by atoms with van der Waals surface area (Å²) >= 11 is 0. The minimum absolute atomic E-state index is 0.182. The van der Waals surface area contributed by atoms with Crippen molar-refractivity contribution in [2.45, 2.75) is 0 Å². The summed E-state index contributed by atoms with van der Waals surface area (Å²) in [7, 11) is 3.19. The number of carbonyl (C=O) groups is 1. The fourth-order valence-electron chi connectivity index (χ4n) is 3.08. The van der Waals surface area contributed by atoms with Gasteiger partial charge in [0.2, 0.25) is 0 Å².